The number of nitrogens with one attached hydrogen (secondary N) is 2. The topological polar surface area (TPSA) is 79.0 Å². The van der Waals surface area contributed by atoms with Crippen LogP contribution in [0.5, 0.6) is 5.75 Å². The smallest absolute Gasteiger partial charge is 0.151 e. The molecule has 1 aromatic carbocycles. The van der Waals surface area contributed by atoms with Gasteiger partial charge in [0.15, 0.2) is 5.82 Å². The Labute approximate surface area is 184 Å². The molecule has 0 saturated carbocycles. The second-order valence-corrected chi connectivity index (χ2v) is 9.74. The molecule has 7 heteroatoms. The number of ether oxygens (including phenoxy) is 1. The maximum absolute atomic E-state index is 5.64. The Balaban J connectivity index is 1.57. The van der Waals surface area contributed by atoms with Gasteiger partial charge in [-0.25, -0.2) is 0 Å². The first-order valence-corrected chi connectivity index (χ1v) is 10.7. The molecule has 2 aromatic heterocycles. The fourth-order valence-corrected chi connectivity index (χ4v) is 4.88. The average Bonchev–Trinajstić information content (AvgIpc) is 3.25. The zero-order valence-corrected chi connectivity index (χ0v) is 19.2. The van der Waals surface area contributed by atoms with Gasteiger partial charge in [-0.3, -0.25) is 5.10 Å². The third kappa shape index (κ3) is 4.56. The first kappa shape index (κ1) is 21.3. The van der Waals surface area contributed by atoms with Gasteiger partial charge >= 0.3 is 0 Å². The standard InChI is InChI=1S/C24H32N6O/c1-23(2)12-18(13-24(3,4)29-23)30(5)22-10-9-20(27-28-22)19-8-7-16(11-21(19)31-6)17-14-25-26-15-17/h7-11,14-15,18,29H,12-13H2,1-6H3,(H,25,26). The Morgan fingerprint density at radius 1 is 1.00 bits per heavy atom. The summed E-state index contributed by atoms with van der Waals surface area (Å²) in [7, 11) is 3.79. The summed E-state index contributed by atoms with van der Waals surface area (Å²) in [5, 5.41) is 19.7. The molecule has 0 spiro atoms. The molecule has 1 aliphatic rings. The van der Waals surface area contributed by atoms with Crippen molar-refractivity contribution >= 4 is 5.82 Å². The Kier molecular flexibility index (Phi) is 5.47. The van der Waals surface area contributed by atoms with Crippen LogP contribution in [0.25, 0.3) is 22.4 Å². The van der Waals surface area contributed by atoms with Crippen LogP contribution in [0.4, 0.5) is 5.82 Å². The van der Waals surface area contributed by atoms with Crippen molar-refractivity contribution < 1.29 is 4.74 Å². The normalized spacial score (nSPS) is 18.0. The number of benzene rings is 1. The van der Waals surface area contributed by atoms with Crippen LogP contribution in [0.15, 0.2) is 42.7 Å². The zero-order valence-electron chi connectivity index (χ0n) is 19.2. The van der Waals surface area contributed by atoms with E-state index in [0.29, 0.717) is 6.04 Å². The van der Waals surface area contributed by atoms with Crippen LogP contribution in [0.1, 0.15) is 40.5 Å². The second-order valence-electron chi connectivity index (χ2n) is 9.74. The third-order valence-corrected chi connectivity index (χ3v) is 6.04. The molecule has 0 bridgehead atoms. The number of H-pyrrole nitrogens is 1. The van der Waals surface area contributed by atoms with E-state index in [9.17, 15) is 0 Å². The van der Waals surface area contributed by atoms with Gasteiger partial charge < -0.3 is 15.0 Å². The molecule has 7 nitrogen and oxygen atoms in total. The lowest BCUT2D eigenvalue weighted by Gasteiger charge is -2.49. The quantitative estimate of drug-likeness (QED) is 0.641. The highest BCUT2D eigenvalue weighted by molar-refractivity contribution is 5.74. The first-order chi connectivity index (χ1) is 14.7. The molecule has 164 valence electrons. The lowest BCUT2D eigenvalue weighted by molar-refractivity contribution is 0.160. The minimum Gasteiger partial charge on any atom is -0.496 e. The summed E-state index contributed by atoms with van der Waals surface area (Å²) in [6.45, 7) is 9.07. The summed E-state index contributed by atoms with van der Waals surface area (Å²) in [5.41, 5.74) is 3.92. The third-order valence-electron chi connectivity index (χ3n) is 6.04. The van der Waals surface area contributed by atoms with E-state index in [-0.39, 0.29) is 11.1 Å². The number of anilines is 1. The molecule has 31 heavy (non-hydrogen) atoms. The van der Waals surface area contributed by atoms with Crippen LogP contribution in [0, 0.1) is 0 Å². The highest BCUT2D eigenvalue weighted by Crippen LogP contribution is 2.35. The SMILES string of the molecule is COc1cc(-c2cn[nH]c2)ccc1-c1ccc(N(C)C2CC(C)(C)NC(C)(C)C2)nn1. The summed E-state index contributed by atoms with van der Waals surface area (Å²) in [6.07, 6.45) is 5.77. The van der Waals surface area contributed by atoms with Crippen molar-refractivity contribution in [1.82, 2.24) is 25.7 Å². The lowest BCUT2D eigenvalue weighted by Crippen LogP contribution is -2.62. The van der Waals surface area contributed by atoms with Crippen molar-refractivity contribution in [1.29, 1.82) is 0 Å². The highest BCUT2D eigenvalue weighted by atomic mass is 16.5. The van der Waals surface area contributed by atoms with Crippen LogP contribution in [0.2, 0.25) is 0 Å². The molecule has 4 rings (SSSR count). The number of nitrogens with zero attached hydrogens (tertiary/aromatic N) is 4. The van der Waals surface area contributed by atoms with Gasteiger partial charge in [-0.1, -0.05) is 6.07 Å². The van der Waals surface area contributed by atoms with Crippen molar-refractivity contribution in [3.05, 3.63) is 42.7 Å². The highest BCUT2D eigenvalue weighted by Gasteiger charge is 2.39. The Bertz CT molecular complexity index is 1010. The number of methoxy groups -OCH3 is 1. The van der Waals surface area contributed by atoms with Gasteiger partial charge in [0.2, 0.25) is 0 Å². The van der Waals surface area contributed by atoms with Crippen molar-refractivity contribution in [2.45, 2.75) is 57.7 Å². The molecule has 0 radical (unpaired) electrons. The number of aromatic amines is 1. The van der Waals surface area contributed by atoms with Gasteiger partial charge in [-0.15, -0.1) is 10.2 Å². The van der Waals surface area contributed by atoms with Crippen LogP contribution < -0.4 is 15.0 Å². The fraction of sp³-hybridized carbons (Fsp3) is 0.458. The van der Waals surface area contributed by atoms with E-state index in [0.717, 1.165) is 46.8 Å². The summed E-state index contributed by atoms with van der Waals surface area (Å²) in [6, 6.07) is 10.5. The molecule has 0 atom stereocenters. The van der Waals surface area contributed by atoms with Gasteiger partial charge in [-0.2, -0.15) is 5.10 Å². The van der Waals surface area contributed by atoms with E-state index in [1.54, 1.807) is 13.3 Å². The molecular weight excluding hydrogens is 388 g/mol. The number of rotatable bonds is 5. The Morgan fingerprint density at radius 3 is 2.32 bits per heavy atom. The predicted molar refractivity (Wildman–Crippen MR) is 124 cm³/mol. The van der Waals surface area contributed by atoms with Crippen LogP contribution in [0.3, 0.4) is 0 Å². The second kappa shape index (κ2) is 7.96. The maximum atomic E-state index is 5.64. The van der Waals surface area contributed by atoms with Crippen molar-refractivity contribution in [3.8, 4) is 28.1 Å². The summed E-state index contributed by atoms with van der Waals surface area (Å²) < 4.78 is 5.64. The molecule has 1 fully saturated rings. The molecule has 3 aromatic rings. The van der Waals surface area contributed by atoms with Gasteiger partial charge in [-0.05, 0) is 70.4 Å². The number of piperidine rings is 1. The molecule has 1 saturated heterocycles. The molecule has 3 heterocycles. The van der Waals surface area contributed by atoms with E-state index >= 15 is 0 Å². The summed E-state index contributed by atoms with van der Waals surface area (Å²) >= 11 is 0. The van der Waals surface area contributed by atoms with Crippen LogP contribution >= 0.6 is 0 Å². The van der Waals surface area contributed by atoms with E-state index in [4.69, 9.17) is 4.74 Å². The van der Waals surface area contributed by atoms with Gasteiger partial charge in [0, 0.05) is 41.5 Å². The van der Waals surface area contributed by atoms with E-state index in [1.807, 2.05) is 36.5 Å². The molecule has 0 unspecified atom stereocenters. The monoisotopic (exact) mass is 420 g/mol. The number of hydrogen-bond donors (Lipinski definition) is 2. The summed E-state index contributed by atoms with van der Waals surface area (Å²) in [4.78, 5) is 2.26. The minimum absolute atomic E-state index is 0.0815. The van der Waals surface area contributed by atoms with Crippen LogP contribution in [-0.4, -0.2) is 51.7 Å². The zero-order chi connectivity index (χ0) is 22.2. The molecule has 2 N–H and O–H groups in total. The van der Waals surface area contributed by atoms with Crippen LogP contribution in [-0.2, 0) is 0 Å². The predicted octanol–water partition coefficient (Wildman–Crippen LogP) is 4.29. The molecule has 1 aliphatic heterocycles. The van der Waals surface area contributed by atoms with Crippen molar-refractivity contribution in [2.24, 2.45) is 0 Å². The lowest BCUT2D eigenvalue weighted by atomic mass is 9.79. The minimum atomic E-state index is 0.0815. The Hall–Kier alpha value is -2.93. The van der Waals surface area contributed by atoms with Gasteiger partial charge in [0.1, 0.15) is 5.75 Å². The molecule has 0 aliphatic carbocycles. The first-order valence-electron chi connectivity index (χ1n) is 10.7. The Morgan fingerprint density at radius 2 is 1.74 bits per heavy atom. The molecule has 0 amide bonds. The van der Waals surface area contributed by atoms with Crippen molar-refractivity contribution in [3.63, 3.8) is 0 Å². The fourth-order valence-electron chi connectivity index (χ4n) is 4.88. The summed E-state index contributed by atoms with van der Waals surface area (Å²) in [5.74, 6) is 1.65. The van der Waals surface area contributed by atoms with Gasteiger partial charge in [0.05, 0.1) is 19.0 Å². The van der Waals surface area contributed by atoms with Gasteiger partial charge in [0.25, 0.3) is 0 Å². The number of aromatic nitrogens is 4. The maximum Gasteiger partial charge on any atom is 0.151 e. The largest absolute Gasteiger partial charge is 0.496 e. The van der Waals surface area contributed by atoms with Crippen molar-refractivity contribution in [2.75, 3.05) is 19.1 Å². The van der Waals surface area contributed by atoms with E-state index < -0.39 is 0 Å². The number of hydrogen-bond acceptors (Lipinski definition) is 6. The average molecular weight is 421 g/mol. The molecular formula is C24H32N6O. The van der Waals surface area contributed by atoms with E-state index in [2.05, 4.69) is 65.4 Å². The van der Waals surface area contributed by atoms with E-state index in [1.165, 1.54) is 0 Å².